The predicted octanol–water partition coefficient (Wildman–Crippen LogP) is 0.941. The Morgan fingerprint density at radius 2 is 2.18 bits per heavy atom. The quantitative estimate of drug-likeness (QED) is 0.695. The van der Waals surface area contributed by atoms with Crippen molar-refractivity contribution in [2.75, 3.05) is 19.6 Å². The van der Waals surface area contributed by atoms with Crippen LogP contribution in [0.4, 0.5) is 0 Å². The molecule has 0 aliphatic rings. The molecule has 0 aliphatic heterocycles. The molecule has 0 bridgehead atoms. The van der Waals surface area contributed by atoms with E-state index in [0.717, 1.165) is 25.2 Å². The molecule has 0 aromatic carbocycles. The van der Waals surface area contributed by atoms with Crippen molar-refractivity contribution >= 4 is 5.91 Å². The number of nitrogens with one attached hydrogen (secondary N) is 2. The average molecular weight is 238 g/mol. The number of hydrogen-bond donors (Lipinski definition) is 2. The molecule has 0 atom stereocenters. The van der Waals surface area contributed by atoms with Gasteiger partial charge in [0, 0.05) is 13.1 Å². The minimum Gasteiger partial charge on any atom is -0.351 e. The van der Waals surface area contributed by atoms with Crippen molar-refractivity contribution < 1.29 is 4.79 Å². The highest BCUT2D eigenvalue weighted by Crippen LogP contribution is 2.03. The van der Waals surface area contributed by atoms with Crippen molar-refractivity contribution in [3.05, 3.63) is 17.5 Å². The van der Waals surface area contributed by atoms with Gasteiger partial charge in [0.25, 0.3) is 5.91 Å². The Morgan fingerprint density at radius 3 is 2.82 bits per heavy atom. The van der Waals surface area contributed by atoms with E-state index in [1.54, 1.807) is 4.68 Å². The van der Waals surface area contributed by atoms with Gasteiger partial charge < -0.3 is 10.6 Å². The summed E-state index contributed by atoms with van der Waals surface area (Å²) in [5.41, 5.74) is 1.53. The standard InChI is InChI=1S/C12H22N4O/c1-4-13-7-6-8-14-12(17)11-9-10(3)15-16(11)5-2/h9,13H,4-8H2,1-3H3,(H,14,17). The largest absolute Gasteiger partial charge is 0.351 e. The fourth-order valence-corrected chi connectivity index (χ4v) is 1.65. The van der Waals surface area contributed by atoms with Gasteiger partial charge in [-0.15, -0.1) is 0 Å². The van der Waals surface area contributed by atoms with Gasteiger partial charge in [0.05, 0.1) is 5.69 Å². The molecule has 17 heavy (non-hydrogen) atoms. The zero-order valence-electron chi connectivity index (χ0n) is 10.9. The lowest BCUT2D eigenvalue weighted by molar-refractivity contribution is 0.0942. The van der Waals surface area contributed by atoms with Crippen molar-refractivity contribution in [2.45, 2.75) is 33.7 Å². The highest BCUT2D eigenvalue weighted by Gasteiger charge is 2.11. The minimum atomic E-state index is -0.0380. The molecule has 5 nitrogen and oxygen atoms in total. The summed E-state index contributed by atoms with van der Waals surface area (Å²) >= 11 is 0. The molecular weight excluding hydrogens is 216 g/mol. The summed E-state index contributed by atoms with van der Waals surface area (Å²) < 4.78 is 1.73. The number of nitrogens with zero attached hydrogens (tertiary/aromatic N) is 2. The molecule has 1 aromatic heterocycles. The first-order valence-electron chi connectivity index (χ1n) is 6.22. The first kappa shape index (κ1) is 13.7. The second-order valence-electron chi connectivity index (χ2n) is 3.95. The molecule has 0 fully saturated rings. The summed E-state index contributed by atoms with van der Waals surface area (Å²) in [5, 5.41) is 10.4. The number of aryl methyl sites for hydroxylation is 2. The molecule has 0 radical (unpaired) electrons. The van der Waals surface area contributed by atoms with E-state index in [9.17, 15) is 4.79 Å². The van der Waals surface area contributed by atoms with Crippen molar-refractivity contribution in [2.24, 2.45) is 0 Å². The Hall–Kier alpha value is -1.36. The van der Waals surface area contributed by atoms with Crippen molar-refractivity contribution in [1.82, 2.24) is 20.4 Å². The molecule has 2 N–H and O–H groups in total. The third kappa shape index (κ3) is 4.19. The van der Waals surface area contributed by atoms with Gasteiger partial charge in [-0.25, -0.2) is 0 Å². The molecule has 0 spiro atoms. The van der Waals surface area contributed by atoms with Crippen LogP contribution in [0.2, 0.25) is 0 Å². The predicted molar refractivity (Wildman–Crippen MR) is 68.1 cm³/mol. The number of aromatic nitrogens is 2. The fraction of sp³-hybridized carbons (Fsp3) is 0.667. The van der Waals surface area contributed by atoms with E-state index >= 15 is 0 Å². The van der Waals surface area contributed by atoms with Gasteiger partial charge in [-0.05, 0) is 39.4 Å². The third-order valence-electron chi connectivity index (χ3n) is 2.50. The van der Waals surface area contributed by atoms with Crippen LogP contribution in [0.25, 0.3) is 0 Å². The summed E-state index contributed by atoms with van der Waals surface area (Å²) in [6.07, 6.45) is 0.943. The zero-order chi connectivity index (χ0) is 12.7. The van der Waals surface area contributed by atoms with E-state index in [2.05, 4.69) is 22.7 Å². The van der Waals surface area contributed by atoms with E-state index in [4.69, 9.17) is 0 Å². The average Bonchev–Trinajstić information content (AvgIpc) is 2.70. The molecule has 5 heteroatoms. The zero-order valence-corrected chi connectivity index (χ0v) is 10.9. The number of amides is 1. The number of rotatable bonds is 7. The van der Waals surface area contributed by atoms with Crippen molar-refractivity contribution in [3.8, 4) is 0 Å². The minimum absolute atomic E-state index is 0.0380. The van der Waals surface area contributed by atoms with E-state index in [1.807, 2.05) is 19.9 Å². The molecule has 1 rings (SSSR count). The Labute approximate surface area is 103 Å². The van der Waals surface area contributed by atoms with Crippen LogP contribution < -0.4 is 10.6 Å². The number of carbonyl (C=O) groups is 1. The van der Waals surface area contributed by atoms with Gasteiger partial charge in [0.15, 0.2) is 0 Å². The monoisotopic (exact) mass is 238 g/mol. The summed E-state index contributed by atoms with van der Waals surface area (Å²) in [6.45, 7) is 9.26. The van der Waals surface area contributed by atoms with Crippen LogP contribution in [0.1, 0.15) is 36.5 Å². The van der Waals surface area contributed by atoms with Gasteiger partial charge in [0.2, 0.25) is 0 Å². The highest BCUT2D eigenvalue weighted by molar-refractivity contribution is 5.92. The summed E-state index contributed by atoms with van der Waals surface area (Å²) in [6, 6.07) is 1.82. The molecule has 0 unspecified atom stereocenters. The first-order chi connectivity index (χ1) is 8.19. The van der Waals surface area contributed by atoms with Crippen LogP contribution in [0.5, 0.6) is 0 Å². The van der Waals surface area contributed by atoms with Crippen LogP contribution >= 0.6 is 0 Å². The van der Waals surface area contributed by atoms with E-state index < -0.39 is 0 Å². The van der Waals surface area contributed by atoms with Crippen LogP contribution in [0.15, 0.2) is 6.07 Å². The maximum absolute atomic E-state index is 11.9. The molecule has 96 valence electrons. The molecule has 0 saturated carbocycles. The molecule has 0 aliphatic carbocycles. The maximum atomic E-state index is 11.9. The van der Waals surface area contributed by atoms with Gasteiger partial charge in [0.1, 0.15) is 5.69 Å². The topological polar surface area (TPSA) is 58.9 Å². The van der Waals surface area contributed by atoms with Crippen molar-refractivity contribution in [3.63, 3.8) is 0 Å². The Bertz CT molecular complexity index is 359. The van der Waals surface area contributed by atoms with Gasteiger partial charge in [-0.3, -0.25) is 9.48 Å². The molecule has 0 saturated heterocycles. The van der Waals surface area contributed by atoms with E-state index in [0.29, 0.717) is 18.8 Å². The normalized spacial score (nSPS) is 10.5. The SMILES string of the molecule is CCNCCCNC(=O)c1cc(C)nn1CC. The Morgan fingerprint density at radius 1 is 1.41 bits per heavy atom. The lowest BCUT2D eigenvalue weighted by Crippen LogP contribution is -2.29. The number of carbonyl (C=O) groups excluding carboxylic acids is 1. The lowest BCUT2D eigenvalue weighted by atomic mass is 10.3. The van der Waals surface area contributed by atoms with Crippen molar-refractivity contribution in [1.29, 1.82) is 0 Å². The Kier molecular flexibility index (Phi) is 5.69. The maximum Gasteiger partial charge on any atom is 0.269 e. The Balaban J connectivity index is 2.41. The van der Waals surface area contributed by atoms with Crippen LogP contribution in [0.3, 0.4) is 0 Å². The molecular formula is C12H22N4O. The molecule has 1 amide bonds. The van der Waals surface area contributed by atoms with Gasteiger partial charge in [-0.2, -0.15) is 5.10 Å². The second kappa shape index (κ2) is 7.06. The summed E-state index contributed by atoms with van der Waals surface area (Å²) in [5.74, 6) is -0.0380. The molecule has 1 aromatic rings. The first-order valence-corrected chi connectivity index (χ1v) is 6.22. The van der Waals surface area contributed by atoms with Gasteiger partial charge in [-0.1, -0.05) is 6.92 Å². The summed E-state index contributed by atoms with van der Waals surface area (Å²) in [4.78, 5) is 11.9. The number of hydrogen-bond acceptors (Lipinski definition) is 3. The second-order valence-corrected chi connectivity index (χ2v) is 3.95. The van der Waals surface area contributed by atoms with Crippen LogP contribution in [0, 0.1) is 6.92 Å². The summed E-state index contributed by atoms with van der Waals surface area (Å²) in [7, 11) is 0. The smallest absolute Gasteiger partial charge is 0.269 e. The van der Waals surface area contributed by atoms with Crippen LogP contribution in [-0.2, 0) is 6.54 Å². The van der Waals surface area contributed by atoms with E-state index in [-0.39, 0.29) is 5.91 Å². The third-order valence-corrected chi connectivity index (χ3v) is 2.50. The molecule has 1 heterocycles. The lowest BCUT2D eigenvalue weighted by Gasteiger charge is -2.06. The van der Waals surface area contributed by atoms with Crippen LogP contribution in [-0.4, -0.2) is 35.3 Å². The van der Waals surface area contributed by atoms with E-state index in [1.165, 1.54) is 0 Å². The fourth-order valence-electron chi connectivity index (χ4n) is 1.65. The highest BCUT2D eigenvalue weighted by atomic mass is 16.2. The van der Waals surface area contributed by atoms with Gasteiger partial charge >= 0.3 is 0 Å².